The predicted octanol–water partition coefficient (Wildman–Crippen LogP) is 4.65. The van der Waals surface area contributed by atoms with Gasteiger partial charge in [0.1, 0.15) is 5.82 Å². The van der Waals surface area contributed by atoms with E-state index in [0.29, 0.717) is 0 Å². The SMILES string of the molecule is Cc1ccc2nc(-c3ccncc3)n(CCc3ccccc3)c2c1. The lowest BCUT2D eigenvalue weighted by molar-refractivity contribution is 0.723. The summed E-state index contributed by atoms with van der Waals surface area (Å²) in [7, 11) is 0. The highest BCUT2D eigenvalue weighted by Gasteiger charge is 2.12. The van der Waals surface area contributed by atoms with Crippen molar-refractivity contribution in [1.29, 1.82) is 0 Å². The van der Waals surface area contributed by atoms with Gasteiger partial charge in [0.2, 0.25) is 0 Å². The molecule has 3 nitrogen and oxygen atoms in total. The Hall–Kier alpha value is -2.94. The van der Waals surface area contributed by atoms with Gasteiger partial charge in [0.05, 0.1) is 11.0 Å². The van der Waals surface area contributed by atoms with E-state index in [0.717, 1.165) is 29.9 Å². The lowest BCUT2D eigenvalue weighted by Gasteiger charge is -2.10. The van der Waals surface area contributed by atoms with Crippen molar-refractivity contribution < 1.29 is 0 Å². The van der Waals surface area contributed by atoms with Crippen LogP contribution >= 0.6 is 0 Å². The van der Waals surface area contributed by atoms with Crippen LogP contribution in [0.15, 0.2) is 73.1 Å². The van der Waals surface area contributed by atoms with Crippen LogP contribution in [0.2, 0.25) is 0 Å². The molecular formula is C21H19N3. The van der Waals surface area contributed by atoms with Crippen LogP contribution in [-0.4, -0.2) is 14.5 Å². The summed E-state index contributed by atoms with van der Waals surface area (Å²) in [6.07, 6.45) is 4.63. The Bertz CT molecular complexity index is 956. The van der Waals surface area contributed by atoms with E-state index < -0.39 is 0 Å². The molecule has 0 radical (unpaired) electrons. The number of benzene rings is 2. The minimum atomic E-state index is 0.904. The van der Waals surface area contributed by atoms with Gasteiger partial charge in [-0.1, -0.05) is 36.4 Å². The van der Waals surface area contributed by atoms with Crippen molar-refractivity contribution in [3.63, 3.8) is 0 Å². The zero-order valence-electron chi connectivity index (χ0n) is 13.7. The summed E-state index contributed by atoms with van der Waals surface area (Å²) in [5, 5.41) is 0. The maximum atomic E-state index is 4.87. The predicted molar refractivity (Wildman–Crippen MR) is 97.8 cm³/mol. The van der Waals surface area contributed by atoms with Gasteiger partial charge in [-0.25, -0.2) is 4.98 Å². The molecule has 3 heteroatoms. The Kier molecular flexibility index (Phi) is 3.83. The largest absolute Gasteiger partial charge is 0.324 e. The minimum absolute atomic E-state index is 0.904. The van der Waals surface area contributed by atoms with Gasteiger partial charge >= 0.3 is 0 Å². The zero-order chi connectivity index (χ0) is 16.4. The van der Waals surface area contributed by atoms with Gasteiger partial charge in [0, 0.05) is 24.5 Å². The molecule has 0 bridgehead atoms. The Labute approximate surface area is 141 Å². The summed E-state index contributed by atoms with van der Waals surface area (Å²) >= 11 is 0. The van der Waals surface area contributed by atoms with Crippen LogP contribution in [0.1, 0.15) is 11.1 Å². The van der Waals surface area contributed by atoms with Crippen LogP contribution in [0.5, 0.6) is 0 Å². The second kappa shape index (κ2) is 6.28. The van der Waals surface area contributed by atoms with Crippen molar-refractivity contribution in [1.82, 2.24) is 14.5 Å². The second-order valence-electron chi connectivity index (χ2n) is 6.05. The molecule has 0 unspecified atom stereocenters. The number of aryl methyl sites for hydroxylation is 3. The Morgan fingerprint density at radius 3 is 2.50 bits per heavy atom. The fourth-order valence-corrected chi connectivity index (χ4v) is 3.07. The molecule has 0 saturated heterocycles. The van der Waals surface area contributed by atoms with Crippen molar-refractivity contribution >= 4 is 11.0 Å². The summed E-state index contributed by atoms with van der Waals surface area (Å²) in [4.78, 5) is 9.00. The molecule has 0 N–H and O–H groups in total. The molecule has 0 amide bonds. The van der Waals surface area contributed by atoms with E-state index >= 15 is 0 Å². The number of aromatic nitrogens is 3. The molecule has 4 aromatic rings. The third-order valence-corrected chi connectivity index (χ3v) is 4.31. The van der Waals surface area contributed by atoms with Crippen LogP contribution in [0.4, 0.5) is 0 Å². The summed E-state index contributed by atoms with van der Waals surface area (Å²) in [5.74, 6) is 1.01. The van der Waals surface area contributed by atoms with Crippen molar-refractivity contribution in [3.8, 4) is 11.4 Å². The van der Waals surface area contributed by atoms with Gasteiger partial charge in [-0.2, -0.15) is 0 Å². The van der Waals surface area contributed by atoms with Gasteiger partial charge in [0.15, 0.2) is 0 Å². The van der Waals surface area contributed by atoms with Crippen LogP contribution in [0.25, 0.3) is 22.4 Å². The van der Waals surface area contributed by atoms with E-state index in [9.17, 15) is 0 Å². The van der Waals surface area contributed by atoms with Gasteiger partial charge < -0.3 is 4.57 Å². The lowest BCUT2D eigenvalue weighted by Crippen LogP contribution is -2.03. The first-order valence-electron chi connectivity index (χ1n) is 8.22. The number of nitrogens with zero attached hydrogens (tertiary/aromatic N) is 3. The summed E-state index contributed by atoms with van der Waals surface area (Å²) in [6, 6.07) is 21.1. The van der Waals surface area contributed by atoms with Gasteiger partial charge in [-0.3, -0.25) is 4.98 Å². The molecule has 0 atom stereocenters. The van der Waals surface area contributed by atoms with E-state index in [1.807, 2.05) is 24.5 Å². The summed E-state index contributed by atoms with van der Waals surface area (Å²) in [6.45, 7) is 3.03. The number of imidazole rings is 1. The zero-order valence-corrected chi connectivity index (χ0v) is 13.7. The number of fused-ring (bicyclic) bond motifs is 1. The highest BCUT2D eigenvalue weighted by molar-refractivity contribution is 5.81. The van der Waals surface area contributed by atoms with Crippen LogP contribution < -0.4 is 0 Å². The number of pyridine rings is 1. The molecule has 24 heavy (non-hydrogen) atoms. The molecule has 2 heterocycles. The van der Waals surface area contributed by atoms with E-state index in [-0.39, 0.29) is 0 Å². The molecule has 0 fully saturated rings. The first kappa shape index (κ1) is 14.6. The highest BCUT2D eigenvalue weighted by atomic mass is 15.1. The van der Waals surface area contributed by atoms with E-state index in [4.69, 9.17) is 4.98 Å². The molecule has 2 aromatic heterocycles. The van der Waals surface area contributed by atoms with Gasteiger partial charge in [-0.05, 0) is 48.7 Å². The maximum absolute atomic E-state index is 4.87. The quantitative estimate of drug-likeness (QED) is 0.549. The topological polar surface area (TPSA) is 30.7 Å². The van der Waals surface area contributed by atoms with E-state index in [1.54, 1.807) is 0 Å². The Balaban J connectivity index is 1.80. The van der Waals surface area contributed by atoms with Crippen molar-refractivity contribution in [2.45, 2.75) is 19.9 Å². The molecule has 0 aliphatic heterocycles. The monoisotopic (exact) mass is 313 g/mol. The number of hydrogen-bond acceptors (Lipinski definition) is 2. The Morgan fingerprint density at radius 1 is 0.917 bits per heavy atom. The molecule has 0 spiro atoms. The fourth-order valence-electron chi connectivity index (χ4n) is 3.07. The highest BCUT2D eigenvalue weighted by Crippen LogP contribution is 2.25. The minimum Gasteiger partial charge on any atom is -0.324 e. The van der Waals surface area contributed by atoms with E-state index in [2.05, 4.69) is 65.0 Å². The average molecular weight is 313 g/mol. The lowest BCUT2D eigenvalue weighted by atomic mass is 10.1. The second-order valence-corrected chi connectivity index (χ2v) is 6.05. The van der Waals surface area contributed by atoms with Crippen molar-refractivity contribution in [2.75, 3.05) is 0 Å². The molecule has 0 aliphatic carbocycles. The van der Waals surface area contributed by atoms with Crippen molar-refractivity contribution in [2.24, 2.45) is 0 Å². The number of rotatable bonds is 4. The number of hydrogen-bond donors (Lipinski definition) is 0. The van der Waals surface area contributed by atoms with Gasteiger partial charge in [-0.15, -0.1) is 0 Å². The standard InChI is InChI=1S/C21H19N3/c1-16-7-8-19-20(15-16)24(14-11-17-5-3-2-4-6-17)21(23-19)18-9-12-22-13-10-18/h2-10,12-13,15H,11,14H2,1H3. The van der Waals surface area contributed by atoms with Crippen LogP contribution in [-0.2, 0) is 13.0 Å². The molecule has 2 aromatic carbocycles. The smallest absolute Gasteiger partial charge is 0.141 e. The third kappa shape index (κ3) is 2.81. The molecule has 4 rings (SSSR count). The Morgan fingerprint density at radius 2 is 1.71 bits per heavy atom. The molecule has 118 valence electrons. The first-order chi connectivity index (χ1) is 11.8. The van der Waals surface area contributed by atoms with Crippen LogP contribution in [0.3, 0.4) is 0 Å². The normalized spacial score (nSPS) is 11.0. The molecular weight excluding hydrogens is 294 g/mol. The first-order valence-corrected chi connectivity index (χ1v) is 8.22. The van der Waals surface area contributed by atoms with Crippen molar-refractivity contribution in [3.05, 3.63) is 84.2 Å². The van der Waals surface area contributed by atoms with Gasteiger partial charge in [0.25, 0.3) is 0 Å². The molecule has 0 saturated carbocycles. The summed E-state index contributed by atoms with van der Waals surface area (Å²) in [5.41, 5.74) is 5.93. The fraction of sp³-hybridized carbons (Fsp3) is 0.143. The molecule has 0 aliphatic rings. The third-order valence-electron chi connectivity index (χ3n) is 4.31. The van der Waals surface area contributed by atoms with Crippen LogP contribution in [0, 0.1) is 6.92 Å². The summed E-state index contributed by atoms with van der Waals surface area (Å²) < 4.78 is 2.32. The average Bonchev–Trinajstić information content (AvgIpc) is 2.99. The maximum Gasteiger partial charge on any atom is 0.141 e. The van der Waals surface area contributed by atoms with E-state index in [1.165, 1.54) is 16.6 Å².